The van der Waals surface area contributed by atoms with E-state index in [1.54, 1.807) is 43.3 Å². The zero-order valence-electron chi connectivity index (χ0n) is 8.84. The highest BCUT2D eigenvalue weighted by Gasteiger charge is 2.28. The van der Waals surface area contributed by atoms with Crippen molar-refractivity contribution in [2.45, 2.75) is 6.92 Å². The minimum atomic E-state index is -1.37. The quantitative estimate of drug-likeness (QED) is 0.436. The molecule has 0 spiro atoms. The van der Waals surface area contributed by atoms with Gasteiger partial charge in [0.2, 0.25) is 5.92 Å². The monoisotopic (exact) mass is 217 g/mol. The smallest absolute Gasteiger partial charge is 0.331 e. The number of hydrogen-bond acceptors (Lipinski definition) is 4. The third kappa shape index (κ3) is 2.67. The highest BCUT2D eigenvalue weighted by Crippen LogP contribution is 2.10. The third-order valence-corrected chi connectivity index (χ3v) is 1.97. The molecule has 82 valence electrons. The van der Waals surface area contributed by atoms with Crippen LogP contribution in [-0.4, -0.2) is 18.4 Å². The van der Waals surface area contributed by atoms with Crippen molar-refractivity contribution in [2.24, 2.45) is 5.92 Å². The van der Waals surface area contributed by atoms with Crippen molar-refractivity contribution >= 4 is 11.8 Å². The largest absolute Gasteiger partial charge is 0.465 e. The molecule has 0 aliphatic rings. The Morgan fingerprint density at radius 1 is 1.38 bits per heavy atom. The number of hydrogen-bond donors (Lipinski definition) is 0. The van der Waals surface area contributed by atoms with Crippen LogP contribution in [0, 0.1) is 17.2 Å². The molecule has 4 heteroatoms. The molecule has 0 radical (unpaired) electrons. The Morgan fingerprint density at radius 2 is 2.00 bits per heavy atom. The maximum Gasteiger partial charge on any atom is 0.331 e. The average molecular weight is 217 g/mol. The van der Waals surface area contributed by atoms with Gasteiger partial charge in [-0.3, -0.25) is 9.59 Å². The Labute approximate surface area is 93.5 Å². The van der Waals surface area contributed by atoms with Gasteiger partial charge in [-0.2, -0.15) is 5.26 Å². The fourth-order valence-electron chi connectivity index (χ4n) is 1.21. The summed E-state index contributed by atoms with van der Waals surface area (Å²) in [5.41, 5.74) is 0.335. The standard InChI is InChI=1S/C12H11NO3/c1-2-16-12(15)10(8-13)11(14)9-6-4-3-5-7-9/h3-7,10H,2H2,1H3/t10-/m0/s1. The van der Waals surface area contributed by atoms with Gasteiger partial charge in [0.15, 0.2) is 5.78 Å². The van der Waals surface area contributed by atoms with Gasteiger partial charge in [-0.1, -0.05) is 30.3 Å². The van der Waals surface area contributed by atoms with Gasteiger partial charge in [-0.25, -0.2) is 0 Å². The maximum atomic E-state index is 11.8. The van der Waals surface area contributed by atoms with E-state index in [2.05, 4.69) is 4.74 Å². The second-order valence-electron chi connectivity index (χ2n) is 3.04. The van der Waals surface area contributed by atoms with Crippen LogP contribution in [0.25, 0.3) is 0 Å². The second-order valence-corrected chi connectivity index (χ2v) is 3.04. The third-order valence-electron chi connectivity index (χ3n) is 1.97. The van der Waals surface area contributed by atoms with Crippen LogP contribution >= 0.6 is 0 Å². The SMILES string of the molecule is CCOC(=O)[C@@H](C#N)C(=O)c1ccccc1. The number of nitriles is 1. The predicted octanol–water partition coefficient (Wildman–Crippen LogP) is 1.57. The molecule has 4 nitrogen and oxygen atoms in total. The number of nitrogens with zero attached hydrogens (tertiary/aromatic N) is 1. The van der Waals surface area contributed by atoms with Crippen molar-refractivity contribution in [3.63, 3.8) is 0 Å². The highest BCUT2D eigenvalue weighted by atomic mass is 16.5. The summed E-state index contributed by atoms with van der Waals surface area (Å²) in [5.74, 6) is -2.69. The molecule has 0 saturated heterocycles. The lowest BCUT2D eigenvalue weighted by atomic mass is 9.99. The topological polar surface area (TPSA) is 67.2 Å². The van der Waals surface area contributed by atoms with Crippen molar-refractivity contribution in [3.8, 4) is 6.07 Å². The summed E-state index contributed by atoms with van der Waals surface area (Å²) in [4.78, 5) is 23.1. The summed E-state index contributed by atoms with van der Waals surface area (Å²) >= 11 is 0. The lowest BCUT2D eigenvalue weighted by Crippen LogP contribution is -2.24. The van der Waals surface area contributed by atoms with Gasteiger partial charge < -0.3 is 4.74 Å². The Hall–Kier alpha value is -2.15. The lowest BCUT2D eigenvalue weighted by Gasteiger charge is -2.06. The predicted molar refractivity (Wildman–Crippen MR) is 56.5 cm³/mol. The molecule has 1 rings (SSSR count). The van der Waals surface area contributed by atoms with Gasteiger partial charge in [0, 0.05) is 5.56 Å². The molecule has 0 fully saturated rings. The van der Waals surface area contributed by atoms with E-state index in [4.69, 9.17) is 5.26 Å². The highest BCUT2D eigenvalue weighted by molar-refractivity contribution is 6.10. The van der Waals surface area contributed by atoms with E-state index in [0.29, 0.717) is 5.56 Å². The number of rotatable bonds is 4. The van der Waals surface area contributed by atoms with E-state index >= 15 is 0 Å². The number of esters is 1. The van der Waals surface area contributed by atoms with Gasteiger partial charge in [-0.15, -0.1) is 0 Å². The fraction of sp³-hybridized carbons (Fsp3) is 0.250. The number of carbonyl (C=O) groups is 2. The van der Waals surface area contributed by atoms with Crippen LogP contribution in [0.3, 0.4) is 0 Å². The van der Waals surface area contributed by atoms with Crippen molar-refractivity contribution in [1.29, 1.82) is 5.26 Å². The first kappa shape index (κ1) is 11.9. The van der Waals surface area contributed by atoms with Crippen LogP contribution in [0.4, 0.5) is 0 Å². The van der Waals surface area contributed by atoms with Crippen LogP contribution in [0.5, 0.6) is 0 Å². The molecule has 0 N–H and O–H groups in total. The van der Waals surface area contributed by atoms with Gasteiger partial charge in [-0.05, 0) is 6.92 Å². The van der Waals surface area contributed by atoms with Crippen molar-refractivity contribution in [1.82, 2.24) is 0 Å². The molecule has 0 aromatic heterocycles. The summed E-state index contributed by atoms with van der Waals surface area (Å²) in [6, 6.07) is 9.88. The van der Waals surface area contributed by atoms with E-state index in [9.17, 15) is 9.59 Å². The molecule has 0 amide bonds. The van der Waals surface area contributed by atoms with Crippen molar-refractivity contribution in [3.05, 3.63) is 35.9 Å². The molecule has 0 aliphatic heterocycles. The van der Waals surface area contributed by atoms with E-state index in [-0.39, 0.29) is 6.61 Å². The molecule has 1 atom stereocenters. The van der Waals surface area contributed by atoms with Crippen LogP contribution < -0.4 is 0 Å². The minimum Gasteiger partial charge on any atom is -0.465 e. The average Bonchev–Trinajstić information content (AvgIpc) is 2.31. The minimum absolute atomic E-state index is 0.152. The Kier molecular flexibility index (Phi) is 4.22. The first-order valence-corrected chi connectivity index (χ1v) is 4.86. The number of carbonyl (C=O) groups excluding carboxylic acids is 2. The van der Waals surface area contributed by atoms with E-state index in [1.165, 1.54) is 0 Å². The summed E-state index contributed by atoms with van der Waals surface area (Å²) in [5, 5.41) is 8.78. The molecule has 0 heterocycles. The molecule has 1 aromatic rings. The number of benzene rings is 1. The maximum absolute atomic E-state index is 11.8. The number of Topliss-reactive ketones (excluding diaryl/α,β-unsaturated/α-hetero) is 1. The van der Waals surface area contributed by atoms with Crippen LogP contribution in [0.15, 0.2) is 30.3 Å². The molecule has 0 bridgehead atoms. The van der Waals surface area contributed by atoms with Gasteiger partial charge in [0.25, 0.3) is 0 Å². The lowest BCUT2D eigenvalue weighted by molar-refractivity contribution is -0.144. The molecular formula is C12H11NO3. The van der Waals surface area contributed by atoms with Crippen LogP contribution in [-0.2, 0) is 9.53 Å². The Bertz CT molecular complexity index is 420. The molecule has 0 saturated carbocycles. The van der Waals surface area contributed by atoms with Crippen LogP contribution in [0.1, 0.15) is 17.3 Å². The summed E-state index contributed by atoms with van der Waals surface area (Å²) in [6.07, 6.45) is 0. The molecule has 1 aromatic carbocycles. The molecule has 16 heavy (non-hydrogen) atoms. The van der Waals surface area contributed by atoms with Crippen LogP contribution in [0.2, 0.25) is 0 Å². The van der Waals surface area contributed by atoms with E-state index < -0.39 is 17.7 Å². The first-order chi connectivity index (χ1) is 7.70. The fourth-order valence-corrected chi connectivity index (χ4v) is 1.21. The van der Waals surface area contributed by atoms with Gasteiger partial charge >= 0.3 is 5.97 Å². The Balaban J connectivity index is 2.87. The normalized spacial score (nSPS) is 11.2. The van der Waals surface area contributed by atoms with Gasteiger partial charge in [0.05, 0.1) is 12.7 Å². The number of ketones is 1. The second kappa shape index (κ2) is 5.66. The first-order valence-electron chi connectivity index (χ1n) is 4.86. The number of ether oxygens (including phenoxy) is 1. The zero-order valence-corrected chi connectivity index (χ0v) is 8.84. The van der Waals surface area contributed by atoms with Crippen molar-refractivity contribution < 1.29 is 14.3 Å². The summed E-state index contributed by atoms with van der Waals surface area (Å²) in [6.45, 7) is 1.78. The summed E-state index contributed by atoms with van der Waals surface area (Å²) < 4.78 is 4.66. The Morgan fingerprint density at radius 3 is 2.50 bits per heavy atom. The molecular weight excluding hydrogens is 206 g/mol. The van der Waals surface area contributed by atoms with Gasteiger partial charge in [0.1, 0.15) is 0 Å². The van der Waals surface area contributed by atoms with Crippen molar-refractivity contribution in [2.75, 3.05) is 6.61 Å². The summed E-state index contributed by atoms with van der Waals surface area (Å²) in [7, 11) is 0. The molecule has 0 aliphatic carbocycles. The van der Waals surface area contributed by atoms with E-state index in [1.807, 2.05) is 0 Å². The van der Waals surface area contributed by atoms with E-state index in [0.717, 1.165) is 0 Å². The zero-order chi connectivity index (χ0) is 12.0. The molecule has 0 unspecified atom stereocenters.